The Kier molecular flexibility index (Phi) is 5.33. The molecular formula is C14H20N2O4S. The number of nitrogens with one attached hydrogen (secondary N) is 1. The number of morpholine rings is 1. The molecule has 1 fully saturated rings. The highest BCUT2D eigenvalue weighted by Gasteiger charge is 2.30. The molecule has 0 spiro atoms. The number of carbonyl (C=O) groups excluding carboxylic acids is 1. The van der Waals surface area contributed by atoms with Gasteiger partial charge in [0.1, 0.15) is 10.9 Å². The standard InChI is InChI=1S/C14H20N2O4S/c1-9(2)15-13(17)11-8-20-6-5-16(11)7-10-3-4-12(21-10)14(18)19/h3-4,9,11H,5-8H2,1-2H3,(H,15,17)(H,18,19). The Balaban J connectivity index is 2.04. The van der Waals surface area contributed by atoms with Crippen molar-refractivity contribution in [3.8, 4) is 0 Å². The number of aromatic carboxylic acids is 1. The maximum Gasteiger partial charge on any atom is 0.345 e. The number of carboxylic acid groups (broad SMARTS) is 1. The van der Waals surface area contributed by atoms with Gasteiger partial charge in [0.05, 0.1) is 13.2 Å². The van der Waals surface area contributed by atoms with E-state index in [9.17, 15) is 9.59 Å². The number of nitrogens with zero attached hydrogens (tertiary/aromatic N) is 1. The molecule has 1 aliphatic heterocycles. The smallest absolute Gasteiger partial charge is 0.345 e. The quantitative estimate of drug-likeness (QED) is 0.853. The molecular weight excluding hydrogens is 292 g/mol. The Morgan fingerprint density at radius 1 is 1.52 bits per heavy atom. The zero-order chi connectivity index (χ0) is 15.4. The molecule has 1 unspecified atom stereocenters. The van der Waals surface area contributed by atoms with Gasteiger partial charge in [-0.2, -0.15) is 0 Å². The Morgan fingerprint density at radius 3 is 2.90 bits per heavy atom. The van der Waals surface area contributed by atoms with Crippen LogP contribution in [0.3, 0.4) is 0 Å². The molecule has 6 nitrogen and oxygen atoms in total. The van der Waals surface area contributed by atoms with E-state index in [1.165, 1.54) is 11.3 Å². The molecule has 0 aromatic carbocycles. The molecule has 1 aromatic heterocycles. The maximum atomic E-state index is 12.2. The molecule has 0 bridgehead atoms. The van der Waals surface area contributed by atoms with Gasteiger partial charge in [-0.15, -0.1) is 11.3 Å². The van der Waals surface area contributed by atoms with Gasteiger partial charge in [0.2, 0.25) is 5.91 Å². The van der Waals surface area contributed by atoms with Gasteiger partial charge in [-0.05, 0) is 26.0 Å². The summed E-state index contributed by atoms with van der Waals surface area (Å²) < 4.78 is 5.40. The summed E-state index contributed by atoms with van der Waals surface area (Å²) in [5.41, 5.74) is 0. The van der Waals surface area contributed by atoms with E-state index in [1.54, 1.807) is 12.1 Å². The zero-order valence-corrected chi connectivity index (χ0v) is 13.0. The summed E-state index contributed by atoms with van der Waals surface area (Å²) in [6, 6.07) is 3.17. The second-order valence-corrected chi connectivity index (χ2v) is 6.46. The minimum Gasteiger partial charge on any atom is -0.477 e. The Hall–Kier alpha value is -1.44. The number of hydrogen-bond acceptors (Lipinski definition) is 5. The van der Waals surface area contributed by atoms with Crippen molar-refractivity contribution in [2.45, 2.75) is 32.5 Å². The van der Waals surface area contributed by atoms with Crippen molar-refractivity contribution in [3.63, 3.8) is 0 Å². The molecule has 2 rings (SSSR count). The van der Waals surface area contributed by atoms with Crippen LogP contribution in [0.1, 0.15) is 28.4 Å². The molecule has 0 radical (unpaired) electrons. The second-order valence-electron chi connectivity index (χ2n) is 5.30. The van der Waals surface area contributed by atoms with Gasteiger partial charge in [-0.1, -0.05) is 0 Å². The van der Waals surface area contributed by atoms with Gasteiger partial charge in [-0.3, -0.25) is 9.69 Å². The topological polar surface area (TPSA) is 78.9 Å². The van der Waals surface area contributed by atoms with Crippen LogP contribution < -0.4 is 5.32 Å². The van der Waals surface area contributed by atoms with E-state index in [1.807, 2.05) is 18.7 Å². The van der Waals surface area contributed by atoms with Crippen LogP contribution in [-0.4, -0.2) is 53.7 Å². The molecule has 1 amide bonds. The number of carbonyl (C=O) groups is 2. The highest BCUT2D eigenvalue weighted by atomic mass is 32.1. The number of ether oxygens (including phenoxy) is 1. The van der Waals surface area contributed by atoms with Crippen LogP contribution in [-0.2, 0) is 16.1 Å². The molecule has 1 atom stereocenters. The number of amides is 1. The third kappa shape index (κ3) is 4.26. The monoisotopic (exact) mass is 312 g/mol. The lowest BCUT2D eigenvalue weighted by Gasteiger charge is -2.34. The first kappa shape index (κ1) is 15.9. The maximum absolute atomic E-state index is 12.2. The molecule has 116 valence electrons. The van der Waals surface area contributed by atoms with E-state index >= 15 is 0 Å². The number of hydrogen-bond donors (Lipinski definition) is 2. The van der Waals surface area contributed by atoms with Gasteiger partial charge in [0, 0.05) is 24.0 Å². The third-order valence-electron chi connectivity index (χ3n) is 3.20. The second kappa shape index (κ2) is 7.02. The van der Waals surface area contributed by atoms with Gasteiger partial charge >= 0.3 is 5.97 Å². The Bertz CT molecular complexity index is 515. The Labute approximate surface area is 127 Å². The van der Waals surface area contributed by atoms with Gasteiger partial charge in [-0.25, -0.2) is 4.79 Å². The lowest BCUT2D eigenvalue weighted by Crippen LogP contribution is -2.54. The van der Waals surface area contributed by atoms with Crippen LogP contribution in [0.2, 0.25) is 0 Å². The van der Waals surface area contributed by atoms with E-state index in [-0.39, 0.29) is 18.0 Å². The normalized spacial score (nSPS) is 19.7. The first-order valence-corrected chi connectivity index (χ1v) is 7.73. The fourth-order valence-electron chi connectivity index (χ4n) is 2.23. The summed E-state index contributed by atoms with van der Waals surface area (Å²) in [7, 11) is 0. The number of rotatable bonds is 5. The van der Waals surface area contributed by atoms with Crippen LogP contribution in [0, 0.1) is 0 Å². The summed E-state index contributed by atoms with van der Waals surface area (Å²) in [5, 5.41) is 11.9. The third-order valence-corrected chi connectivity index (χ3v) is 4.26. The van der Waals surface area contributed by atoms with E-state index in [0.717, 1.165) is 4.88 Å². The predicted molar refractivity (Wildman–Crippen MR) is 79.6 cm³/mol. The minimum atomic E-state index is -0.915. The van der Waals surface area contributed by atoms with Crippen LogP contribution in [0.25, 0.3) is 0 Å². The molecule has 0 saturated carbocycles. The predicted octanol–water partition coefficient (Wildman–Crippen LogP) is 1.17. The van der Waals surface area contributed by atoms with Crippen molar-refractivity contribution in [1.82, 2.24) is 10.2 Å². The minimum absolute atomic E-state index is 0.0419. The van der Waals surface area contributed by atoms with Crippen LogP contribution in [0.15, 0.2) is 12.1 Å². The molecule has 7 heteroatoms. The molecule has 1 saturated heterocycles. The van der Waals surface area contributed by atoms with Crippen molar-refractivity contribution in [3.05, 3.63) is 21.9 Å². The molecule has 2 N–H and O–H groups in total. The lowest BCUT2D eigenvalue weighted by molar-refractivity contribution is -0.133. The summed E-state index contributed by atoms with van der Waals surface area (Å²) in [5.74, 6) is -0.956. The van der Waals surface area contributed by atoms with Crippen molar-refractivity contribution in [2.75, 3.05) is 19.8 Å². The average molecular weight is 312 g/mol. The average Bonchev–Trinajstić information content (AvgIpc) is 2.87. The van der Waals surface area contributed by atoms with Crippen LogP contribution in [0.5, 0.6) is 0 Å². The van der Waals surface area contributed by atoms with E-state index in [2.05, 4.69) is 5.32 Å². The first-order valence-electron chi connectivity index (χ1n) is 6.91. The van der Waals surface area contributed by atoms with Crippen molar-refractivity contribution in [1.29, 1.82) is 0 Å². The van der Waals surface area contributed by atoms with Crippen molar-refractivity contribution < 1.29 is 19.4 Å². The summed E-state index contributed by atoms with van der Waals surface area (Å²) in [6.07, 6.45) is 0. The lowest BCUT2D eigenvalue weighted by atomic mass is 10.2. The molecule has 21 heavy (non-hydrogen) atoms. The van der Waals surface area contributed by atoms with Crippen LogP contribution >= 0.6 is 11.3 Å². The molecule has 2 heterocycles. The fraction of sp³-hybridized carbons (Fsp3) is 0.571. The largest absolute Gasteiger partial charge is 0.477 e. The zero-order valence-electron chi connectivity index (χ0n) is 12.2. The molecule has 0 aliphatic carbocycles. The van der Waals surface area contributed by atoms with Crippen molar-refractivity contribution in [2.24, 2.45) is 0 Å². The van der Waals surface area contributed by atoms with Gasteiger partial charge < -0.3 is 15.2 Å². The highest BCUT2D eigenvalue weighted by Crippen LogP contribution is 2.20. The molecule has 1 aromatic rings. The van der Waals surface area contributed by atoms with Gasteiger partial charge in [0.25, 0.3) is 0 Å². The van der Waals surface area contributed by atoms with Crippen LogP contribution in [0.4, 0.5) is 0 Å². The first-order chi connectivity index (χ1) is 9.97. The van der Waals surface area contributed by atoms with Crippen molar-refractivity contribution >= 4 is 23.2 Å². The number of thiophene rings is 1. The summed E-state index contributed by atoms with van der Waals surface area (Å²) in [6.45, 7) is 6.03. The molecule has 1 aliphatic rings. The number of carboxylic acids is 1. The summed E-state index contributed by atoms with van der Waals surface area (Å²) >= 11 is 1.25. The highest BCUT2D eigenvalue weighted by molar-refractivity contribution is 7.13. The fourth-order valence-corrected chi connectivity index (χ4v) is 3.10. The van der Waals surface area contributed by atoms with E-state index in [4.69, 9.17) is 9.84 Å². The van der Waals surface area contributed by atoms with Gasteiger partial charge in [0.15, 0.2) is 0 Å². The summed E-state index contributed by atoms with van der Waals surface area (Å²) in [4.78, 5) is 26.4. The van der Waals surface area contributed by atoms with E-state index in [0.29, 0.717) is 31.2 Å². The SMILES string of the molecule is CC(C)NC(=O)C1COCCN1Cc1ccc(C(=O)O)s1. The Morgan fingerprint density at radius 2 is 2.29 bits per heavy atom. The van der Waals surface area contributed by atoms with E-state index < -0.39 is 5.97 Å².